The highest BCUT2D eigenvalue weighted by atomic mass is 16.5. The van der Waals surface area contributed by atoms with E-state index in [4.69, 9.17) is 4.74 Å². The number of nitrogens with one attached hydrogen (secondary N) is 2. The van der Waals surface area contributed by atoms with Gasteiger partial charge in [-0.25, -0.2) is 0 Å². The Balaban J connectivity index is 1.76. The molecule has 2 aromatic carbocycles. The maximum Gasteiger partial charge on any atom is 0.276 e. The minimum atomic E-state index is -0.410. The van der Waals surface area contributed by atoms with Crippen LogP contribution in [-0.2, 0) is 16.0 Å². The second-order valence-electron chi connectivity index (χ2n) is 5.81. The summed E-state index contributed by atoms with van der Waals surface area (Å²) in [5, 5.41) is 0. The first-order chi connectivity index (χ1) is 11.4. The van der Waals surface area contributed by atoms with Crippen molar-refractivity contribution in [3.05, 3.63) is 64.7 Å². The SMILES string of the molecule is Cc1cc(C)cc(OCC(=O)NNC(=O)Cc2ccccc2C)c1. The van der Waals surface area contributed by atoms with Gasteiger partial charge in [0.2, 0.25) is 5.91 Å². The predicted octanol–water partition coefficient (Wildman–Crippen LogP) is 2.38. The van der Waals surface area contributed by atoms with Crippen LogP contribution < -0.4 is 15.6 Å². The fraction of sp³-hybridized carbons (Fsp3) is 0.263. The van der Waals surface area contributed by atoms with E-state index >= 15 is 0 Å². The second kappa shape index (κ2) is 8.15. The molecule has 0 atom stereocenters. The van der Waals surface area contributed by atoms with Crippen molar-refractivity contribution in [1.29, 1.82) is 0 Å². The van der Waals surface area contributed by atoms with Crippen molar-refractivity contribution in [2.24, 2.45) is 0 Å². The van der Waals surface area contributed by atoms with E-state index in [9.17, 15) is 9.59 Å². The molecule has 0 bridgehead atoms. The highest BCUT2D eigenvalue weighted by Gasteiger charge is 2.08. The second-order valence-corrected chi connectivity index (χ2v) is 5.81. The van der Waals surface area contributed by atoms with Crippen LogP contribution in [0.2, 0.25) is 0 Å². The van der Waals surface area contributed by atoms with Gasteiger partial charge in [0, 0.05) is 0 Å². The lowest BCUT2D eigenvalue weighted by Crippen LogP contribution is -2.44. The molecule has 0 unspecified atom stereocenters. The van der Waals surface area contributed by atoms with Crippen LogP contribution in [0.25, 0.3) is 0 Å². The molecular formula is C19H22N2O3. The van der Waals surface area contributed by atoms with Crippen molar-refractivity contribution in [3.8, 4) is 5.75 Å². The number of carbonyl (C=O) groups is 2. The van der Waals surface area contributed by atoms with Crippen LogP contribution in [0.3, 0.4) is 0 Å². The van der Waals surface area contributed by atoms with E-state index in [0.717, 1.165) is 22.3 Å². The summed E-state index contributed by atoms with van der Waals surface area (Å²) in [5.41, 5.74) is 8.86. The molecule has 2 N–H and O–H groups in total. The quantitative estimate of drug-likeness (QED) is 0.829. The average Bonchev–Trinajstić information content (AvgIpc) is 2.52. The Morgan fingerprint density at radius 2 is 1.54 bits per heavy atom. The van der Waals surface area contributed by atoms with Crippen LogP contribution in [0.15, 0.2) is 42.5 Å². The molecule has 5 nitrogen and oxygen atoms in total. The molecule has 0 aliphatic rings. The van der Waals surface area contributed by atoms with Crippen LogP contribution in [0.5, 0.6) is 5.75 Å². The molecule has 0 heterocycles. The van der Waals surface area contributed by atoms with E-state index < -0.39 is 5.91 Å². The Bertz CT molecular complexity index is 721. The number of aryl methyl sites for hydroxylation is 3. The van der Waals surface area contributed by atoms with E-state index in [-0.39, 0.29) is 18.9 Å². The first-order valence-corrected chi connectivity index (χ1v) is 7.77. The number of amides is 2. The Hall–Kier alpha value is -2.82. The Labute approximate surface area is 142 Å². The predicted molar refractivity (Wildman–Crippen MR) is 92.6 cm³/mol. The molecule has 2 rings (SSSR count). The number of hydrogen-bond acceptors (Lipinski definition) is 3. The molecule has 0 fully saturated rings. The molecule has 5 heteroatoms. The number of hydrazine groups is 1. The lowest BCUT2D eigenvalue weighted by atomic mass is 10.1. The van der Waals surface area contributed by atoms with E-state index in [2.05, 4.69) is 10.9 Å². The molecule has 0 saturated heterocycles. The molecule has 2 aromatic rings. The molecule has 0 spiro atoms. The van der Waals surface area contributed by atoms with Crippen LogP contribution in [0, 0.1) is 20.8 Å². The molecule has 2 amide bonds. The summed E-state index contributed by atoms with van der Waals surface area (Å²) in [6.07, 6.45) is 0.213. The van der Waals surface area contributed by atoms with E-state index in [1.54, 1.807) is 0 Å². The minimum absolute atomic E-state index is 0.159. The first kappa shape index (κ1) is 17.5. The topological polar surface area (TPSA) is 67.4 Å². The zero-order valence-corrected chi connectivity index (χ0v) is 14.2. The largest absolute Gasteiger partial charge is 0.484 e. The third kappa shape index (κ3) is 5.43. The van der Waals surface area contributed by atoms with Gasteiger partial charge in [-0.1, -0.05) is 30.3 Å². The monoisotopic (exact) mass is 326 g/mol. The number of rotatable bonds is 5. The summed E-state index contributed by atoms with van der Waals surface area (Å²) in [7, 11) is 0. The third-order valence-corrected chi connectivity index (χ3v) is 3.52. The van der Waals surface area contributed by atoms with Crippen molar-refractivity contribution in [3.63, 3.8) is 0 Å². The van der Waals surface area contributed by atoms with Gasteiger partial charge in [-0.15, -0.1) is 0 Å². The van der Waals surface area contributed by atoms with Gasteiger partial charge in [-0.2, -0.15) is 0 Å². The molecule has 24 heavy (non-hydrogen) atoms. The van der Waals surface area contributed by atoms with E-state index in [1.165, 1.54) is 0 Å². The highest BCUT2D eigenvalue weighted by molar-refractivity contribution is 5.84. The smallest absolute Gasteiger partial charge is 0.276 e. The summed E-state index contributed by atoms with van der Waals surface area (Å²) in [5.74, 6) is -0.0507. The van der Waals surface area contributed by atoms with Crippen LogP contribution in [-0.4, -0.2) is 18.4 Å². The first-order valence-electron chi connectivity index (χ1n) is 7.77. The molecular weight excluding hydrogens is 304 g/mol. The van der Waals surface area contributed by atoms with Crippen molar-refractivity contribution < 1.29 is 14.3 Å². The summed E-state index contributed by atoms with van der Waals surface area (Å²) >= 11 is 0. The molecule has 0 aromatic heterocycles. The maximum absolute atomic E-state index is 11.9. The van der Waals surface area contributed by atoms with Gasteiger partial charge in [-0.05, 0) is 55.2 Å². The maximum atomic E-state index is 11.9. The van der Waals surface area contributed by atoms with Crippen molar-refractivity contribution in [1.82, 2.24) is 10.9 Å². The Morgan fingerprint density at radius 1 is 0.917 bits per heavy atom. The average molecular weight is 326 g/mol. The molecule has 0 radical (unpaired) electrons. The van der Waals surface area contributed by atoms with Crippen molar-refractivity contribution >= 4 is 11.8 Å². The minimum Gasteiger partial charge on any atom is -0.484 e. The summed E-state index contributed by atoms with van der Waals surface area (Å²) in [6.45, 7) is 5.71. The zero-order valence-electron chi connectivity index (χ0n) is 14.2. The van der Waals surface area contributed by atoms with Crippen LogP contribution >= 0.6 is 0 Å². The van der Waals surface area contributed by atoms with E-state index in [0.29, 0.717) is 5.75 Å². The van der Waals surface area contributed by atoms with E-state index in [1.807, 2.05) is 63.2 Å². The molecule has 0 saturated carbocycles. The highest BCUT2D eigenvalue weighted by Crippen LogP contribution is 2.15. The third-order valence-electron chi connectivity index (χ3n) is 3.52. The van der Waals surface area contributed by atoms with Gasteiger partial charge in [0.15, 0.2) is 6.61 Å². The molecule has 0 aliphatic carbocycles. The van der Waals surface area contributed by atoms with Crippen LogP contribution in [0.4, 0.5) is 0 Å². The van der Waals surface area contributed by atoms with Crippen molar-refractivity contribution in [2.75, 3.05) is 6.61 Å². The van der Waals surface area contributed by atoms with Crippen LogP contribution in [0.1, 0.15) is 22.3 Å². The molecule has 0 aliphatic heterocycles. The van der Waals surface area contributed by atoms with Gasteiger partial charge in [0.25, 0.3) is 5.91 Å². The number of hydrogen-bond donors (Lipinski definition) is 2. The Kier molecular flexibility index (Phi) is 5.95. The Morgan fingerprint density at radius 3 is 2.21 bits per heavy atom. The van der Waals surface area contributed by atoms with Gasteiger partial charge in [0.1, 0.15) is 5.75 Å². The van der Waals surface area contributed by atoms with Gasteiger partial charge >= 0.3 is 0 Å². The fourth-order valence-electron chi connectivity index (χ4n) is 2.37. The lowest BCUT2D eigenvalue weighted by molar-refractivity contribution is -0.129. The standard InChI is InChI=1S/C19H22N2O3/c1-13-8-14(2)10-17(9-13)24-12-19(23)21-20-18(22)11-16-7-5-4-6-15(16)3/h4-10H,11-12H2,1-3H3,(H,20,22)(H,21,23). The van der Waals surface area contributed by atoms with Crippen molar-refractivity contribution in [2.45, 2.75) is 27.2 Å². The van der Waals surface area contributed by atoms with Gasteiger partial charge < -0.3 is 4.74 Å². The van der Waals surface area contributed by atoms with Gasteiger partial charge in [0.05, 0.1) is 6.42 Å². The zero-order chi connectivity index (χ0) is 17.5. The summed E-state index contributed by atoms with van der Waals surface area (Å²) in [4.78, 5) is 23.6. The number of benzene rings is 2. The molecule has 126 valence electrons. The normalized spacial score (nSPS) is 10.1. The summed E-state index contributed by atoms with van der Waals surface area (Å²) in [6, 6.07) is 13.4. The lowest BCUT2D eigenvalue weighted by Gasteiger charge is -2.10. The fourth-order valence-corrected chi connectivity index (χ4v) is 2.37. The number of ether oxygens (including phenoxy) is 1. The van der Waals surface area contributed by atoms with Gasteiger partial charge in [-0.3, -0.25) is 20.4 Å². The summed E-state index contributed by atoms with van der Waals surface area (Å²) < 4.78 is 5.44. The number of carbonyl (C=O) groups excluding carboxylic acids is 2.